The van der Waals surface area contributed by atoms with Gasteiger partial charge >= 0.3 is 6.09 Å². The Balaban J connectivity index is 1.48. The smallest absolute Gasteiger partial charge is 0.423 e. The maximum Gasteiger partial charge on any atom is 0.423 e. The minimum absolute atomic E-state index is 0.0363. The minimum atomic E-state index is -1.69. The molecule has 2 aliphatic carbocycles. The lowest BCUT2D eigenvalue weighted by atomic mass is 9.49. The molecule has 1 saturated carbocycles. The summed E-state index contributed by atoms with van der Waals surface area (Å²) in [7, 11) is 4.05. The predicted octanol–water partition coefficient (Wildman–Crippen LogP) is 5.47. The number of carbonyl (C=O) groups is 5. The highest BCUT2D eigenvalue weighted by molar-refractivity contribution is 6.36. The standard InChI is InChI=1S/C36H31Cl2N3O9/c1-48-19-7-4-17(5-8-19)36-25(32(44)41(34(36)46)39-27-12-6-18(37)14-26(27)38)16-23-21(30(36)24-15-20(49-2)9-13-28(24)42)10-11-22-29(23)33(45)40(31(22)43)35(47)50-3/h4-10,12-15,22-23,25,29-30,39,42H,11,16H2,1-3H3/t22-,23+,25-,29-,30+,36+/m0/s1. The fraction of sp³-hybridized carbons (Fsp3) is 0.306. The maximum atomic E-state index is 15.3. The summed E-state index contributed by atoms with van der Waals surface area (Å²) in [6, 6.07) is 15.9. The zero-order chi connectivity index (χ0) is 35.6. The van der Waals surface area contributed by atoms with E-state index in [2.05, 4.69) is 5.43 Å². The zero-order valence-electron chi connectivity index (χ0n) is 27.0. The van der Waals surface area contributed by atoms with Crippen LogP contribution in [0.2, 0.25) is 10.0 Å². The molecule has 2 N–H and O–H groups in total. The van der Waals surface area contributed by atoms with Gasteiger partial charge in [0, 0.05) is 16.5 Å². The molecule has 258 valence electrons. The first kappa shape index (κ1) is 33.4. The highest BCUT2D eigenvalue weighted by Gasteiger charge is 2.71. The number of hydrogen-bond donors (Lipinski definition) is 2. The number of hydrogen-bond acceptors (Lipinski definition) is 10. The van der Waals surface area contributed by atoms with Crippen LogP contribution >= 0.6 is 23.2 Å². The molecule has 3 aromatic rings. The van der Waals surface area contributed by atoms with Crippen LogP contribution in [0.25, 0.3) is 0 Å². The third-order valence-electron chi connectivity index (χ3n) is 10.5. The molecule has 6 atom stereocenters. The van der Waals surface area contributed by atoms with Gasteiger partial charge in [-0.25, -0.2) is 4.79 Å². The number of carbonyl (C=O) groups excluding carboxylic acids is 5. The number of methoxy groups -OCH3 is 3. The molecule has 7 rings (SSSR count). The third kappa shape index (κ3) is 4.76. The second-order valence-corrected chi connectivity index (χ2v) is 13.5. The van der Waals surface area contributed by atoms with Crippen LogP contribution in [-0.2, 0) is 29.3 Å². The first-order chi connectivity index (χ1) is 24.0. The van der Waals surface area contributed by atoms with Gasteiger partial charge in [0.1, 0.15) is 17.2 Å². The number of amides is 5. The average Bonchev–Trinajstić information content (AvgIpc) is 3.50. The lowest BCUT2D eigenvalue weighted by molar-refractivity contribution is -0.140. The number of phenols is 1. The highest BCUT2D eigenvalue weighted by atomic mass is 35.5. The fourth-order valence-electron chi connectivity index (χ4n) is 8.35. The topological polar surface area (TPSA) is 152 Å². The summed E-state index contributed by atoms with van der Waals surface area (Å²) >= 11 is 12.6. The van der Waals surface area contributed by atoms with Crippen LogP contribution in [0.4, 0.5) is 10.5 Å². The Labute approximate surface area is 296 Å². The van der Waals surface area contributed by atoms with Crippen LogP contribution in [0.5, 0.6) is 17.2 Å². The van der Waals surface area contributed by atoms with E-state index < -0.39 is 64.7 Å². The number of hydrazine groups is 1. The molecule has 0 bridgehead atoms. The van der Waals surface area contributed by atoms with E-state index in [4.69, 9.17) is 37.4 Å². The van der Waals surface area contributed by atoms with Gasteiger partial charge in [0.25, 0.3) is 11.8 Å². The monoisotopic (exact) mass is 719 g/mol. The van der Waals surface area contributed by atoms with Gasteiger partial charge < -0.3 is 19.3 Å². The van der Waals surface area contributed by atoms with E-state index >= 15 is 4.79 Å². The number of imide groups is 4. The van der Waals surface area contributed by atoms with E-state index in [0.29, 0.717) is 32.6 Å². The van der Waals surface area contributed by atoms with Crippen LogP contribution in [0.15, 0.2) is 72.3 Å². The van der Waals surface area contributed by atoms with E-state index in [9.17, 15) is 24.3 Å². The van der Waals surface area contributed by atoms with Crippen molar-refractivity contribution in [3.8, 4) is 17.2 Å². The lowest BCUT2D eigenvalue weighted by Crippen LogP contribution is -2.53. The number of halogens is 2. The third-order valence-corrected chi connectivity index (χ3v) is 11.0. The molecule has 2 heterocycles. The summed E-state index contributed by atoms with van der Waals surface area (Å²) in [5, 5.41) is 13.0. The molecule has 4 aliphatic rings. The molecular weight excluding hydrogens is 689 g/mol. The normalized spacial score (nSPS) is 27.0. The Morgan fingerprint density at radius 3 is 2.24 bits per heavy atom. The summed E-state index contributed by atoms with van der Waals surface area (Å²) in [6.45, 7) is 0. The number of rotatable bonds is 6. The van der Waals surface area contributed by atoms with Gasteiger partial charge in [0.05, 0.1) is 55.2 Å². The molecule has 0 spiro atoms. The van der Waals surface area contributed by atoms with Crippen molar-refractivity contribution < 1.29 is 43.3 Å². The molecule has 50 heavy (non-hydrogen) atoms. The van der Waals surface area contributed by atoms with Crippen molar-refractivity contribution in [3.63, 3.8) is 0 Å². The Morgan fingerprint density at radius 2 is 1.58 bits per heavy atom. The first-order valence-electron chi connectivity index (χ1n) is 15.7. The predicted molar refractivity (Wildman–Crippen MR) is 180 cm³/mol. The SMILES string of the molecule is COC(=O)N1C(=O)[C@H]2[C@H](CC=C3[C@H]2C[C@H]2C(=O)N(Nc4ccc(Cl)cc4Cl)C(=O)[C@@]2(c2ccc(OC)cc2)[C@H]3c2cc(OC)ccc2O)C1=O. The number of ether oxygens (including phenoxy) is 3. The quantitative estimate of drug-likeness (QED) is 0.248. The minimum Gasteiger partial charge on any atom is -0.508 e. The molecular formula is C36H31Cl2N3O9. The lowest BCUT2D eigenvalue weighted by Gasteiger charge is -2.50. The molecule has 2 aliphatic heterocycles. The number of likely N-dealkylation sites (tertiary alicyclic amines) is 1. The Kier molecular flexibility index (Phi) is 8.26. The number of anilines is 1. The van der Waals surface area contributed by atoms with Crippen molar-refractivity contribution in [2.24, 2.45) is 23.7 Å². The van der Waals surface area contributed by atoms with E-state index in [0.717, 1.165) is 12.1 Å². The van der Waals surface area contributed by atoms with Crippen molar-refractivity contribution >= 4 is 58.6 Å². The maximum absolute atomic E-state index is 15.3. The number of fused-ring (bicyclic) bond motifs is 4. The van der Waals surface area contributed by atoms with Crippen molar-refractivity contribution in [2.75, 3.05) is 26.8 Å². The molecule has 2 saturated heterocycles. The molecule has 0 aromatic heterocycles. The van der Waals surface area contributed by atoms with Gasteiger partial charge in [-0.1, -0.05) is 47.0 Å². The van der Waals surface area contributed by atoms with E-state index in [-0.39, 0.29) is 34.9 Å². The van der Waals surface area contributed by atoms with E-state index in [1.54, 1.807) is 48.5 Å². The van der Waals surface area contributed by atoms with Gasteiger partial charge in [-0.3, -0.25) is 24.6 Å². The Bertz CT molecular complexity index is 2000. The number of allylic oxidation sites excluding steroid dienone is 2. The summed E-state index contributed by atoms with van der Waals surface area (Å²) < 4.78 is 15.7. The van der Waals surface area contributed by atoms with E-state index in [1.807, 2.05) is 0 Å². The van der Waals surface area contributed by atoms with Crippen LogP contribution < -0.4 is 14.9 Å². The Morgan fingerprint density at radius 1 is 0.880 bits per heavy atom. The van der Waals surface area contributed by atoms with Crippen LogP contribution in [-0.4, -0.2) is 66.1 Å². The number of nitrogens with zero attached hydrogens (tertiary/aromatic N) is 2. The largest absolute Gasteiger partial charge is 0.508 e. The van der Waals surface area contributed by atoms with Crippen LogP contribution in [0.1, 0.15) is 29.9 Å². The zero-order valence-corrected chi connectivity index (χ0v) is 28.5. The molecule has 3 fully saturated rings. The summed E-state index contributed by atoms with van der Waals surface area (Å²) in [4.78, 5) is 70.6. The Hall–Kier alpha value is -5.07. The van der Waals surface area contributed by atoms with Crippen molar-refractivity contribution in [3.05, 3.63) is 93.5 Å². The first-order valence-corrected chi connectivity index (χ1v) is 16.5. The molecule has 0 unspecified atom stereocenters. The summed E-state index contributed by atoms with van der Waals surface area (Å²) in [6.07, 6.45) is 0.741. The van der Waals surface area contributed by atoms with Crippen LogP contribution in [0.3, 0.4) is 0 Å². The van der Waals surface area contributed by atoms with Gasteiger partial charge in [-0.05, 0) is 72.9 Å². The van der Waals surface area contributed by atoms with Crippen molar-refractivity contribution in [1.82, 2.24) is 9.91 Å². The summed E-state index contributed by atoms with van der Waals surface area (Å²) in [5.41, 5.74) is 2.76. The fourth-order valence-corrected chi connectivity index (χ4v) is 8.80. The summed E-state index contributed by atoms with van der Waals surface area (Å²) in [5.74, 6) is -6.85. The van der Waals surface area contributed by atoms with Crippen LogP contribution in [0, 0.1) is 23.7 Å². The van der Waals surface area contributed by atoms with E-state index in [1.165, 1.54) is 32.4 Å². The molecule has 0 radical (unpaired) electrons. The van der Waals surface area contributed by atoms with Gasteiger partial charge in [-0.2, -0.15) is 9.91 Å². The number of phenolic OH excluding ortho intramolecular Hbond substituents is 1. The highest BCUT2D eigenvalue weighted by Crippen LogP contribution is 2.65. The molecule has 3 aromatic carbocycles. The van der Waals surface area contributed by atoms with Crippen molar-refractivity contribution in [2.45, 2.75) is 24.2 Å². The number of aromatic hydroxyl groups is 1. The average molecular weight is 721 g/mol. The van der Waals surface area contributed by atoms with Crippen molar-refractivity contribution in [1.29, 1.82) is 0 Å². The van der Waals surface area contributed by atoms with Gasteiger partial charge in [0.2, 0.25) is 11.8 Å². The number of nitrogens with one attached hydrogen (secondary N) is 1. The van der Waals surface area contributed by atoms with Gasteiger partial charge in [-0.15, -0.1) is 0 Å². The molecule has 5 amide bonds. The number of benzene rings is 3. The second kappa shape index (κ2) is 12.4. The van der Waals surface area contributed by atoms with Gasteiger partial charge in [0.15, 0.2) is 0 Å². The molecule has 12 nitrogen and oxygen atoms in total. The molecule has 14 heteroatoms. The second-order valence-electron chi connectivity index (χ2n) is 12.6.